The third kappa shape index (κ3) is 6.03. The standard InChI is InChI=1S/C20H19N3O4S2/c1-12(19(27)23-20-22-15-7-2-3-8-16(15)29-20)28-14-6-4-5-13(11-14)21-17(24)9-10-18(25)26/h2-8,11-12H,9-10H2,1H3,(H,21,24)(H,25,26)(H,22,23,27). The lowest BCUT2D eigenvalue weighted by Gasteiger charge is -2.12. The molecule has 0 bridgehead atoms. The Balaban J connectivity index is 1.58. The minimum atomic E-state index is -1.02. The van der Waals surface area contributed by atoms with Crippen molar-refractivity contribution >= 4 is 61.9 Å². The molecule has 1 aromatic heterocycles. The molecule has 0 spiro atoms. The lowest BCUT2D eigenvalue weighted by atomic mass is 10.2. The summed E-state index contributed by atoms with van der Waals surface area (Å²) in [6.45, 7) is 1.80. The lowest BCUT2D eigenvalue weighted by Crippen LogP contribution is -2.22. The largest absolute Gasteiger partial charge is 0.481 e. The monoisotopic (exact) mass is 429 g/mol. The van der Waals surface area contributed by atoms with Crippen LogP contribution >= 0.6 is 23.1 Å². The fourth-order valence-electron chi connectivity index (χ4n) is 2.48. The number of hydrogen-bond acceptors (Lipinski definition) is 6. The Kier molecular flexibility index (Phi) is 6.84. The van der Waals surface area contributed by atoms with Crippen molar-refractivity contribution in [1.82, 2.24) is 4.98 Å². The zero-order valence-corrected chi connectivity index (χ0v) is 17.2. The van der Waals surface area contributed by atoms with Gasteiger partial charge in [0.2, 0.25) is 11.8 Å². The van der Waals surface area contributed by atoms with Crippen molar-refractivity contribution in [1.29, 1.82) is 0 Å². The molecule has 0 aliphatic heterocycles. The molecule has 29 heavy (non-hydrogen) atoms. The molecule has 0 radical (unpaired) electrons. The summed E-state index contributed by atoms with van der Waals surface area (Å²) >= 11 is 2.78. The summed E-state index contributed by atoms with van der Waals surface area (Å²) in [5.41, 5.74) is 1.41. The lowest BCUT2D eigenvalue weighted by molar-refractivity contribution is -0.138. The minimum Gasteiger partial charge on any atom is -0.481 e. The number of rotatable bonds is 8. The highest BCUT2D eigenvalue weighted by Crippen LogP contribution is 2.29. The van der Waals surface area contributed by atoms with Gasteiger partial charge in [0.15, 0.2) is 5.13 Å². The first-order chi connectivity index (χ1) is 13.9. The number of carboxylic acid groups (broad SMARTS) is 1. The fraction of sp³-hybridized carbons (Fsp3) is 0.200. The maximum Gasteiger partial charge on any atom is 0.303 e. The molecule has 7 nitrogen and oxygen atoms in total. The van der Waals surface area contributed by atoms with Crippen LogP contribution in [0.25, 0.3) is 10.2 Å². The maximum atomic E-state index is 12.5. The minimum absolute atomic E-state index is 0.0896. The molecule has 2 aromatic carbocycles. The summed E-state index contributed by atoms with van der Waals surface area (Å²) in [6.07, 6.45) is -0.309. The third-order valence-electron chi connectivity index (χ3n) is 3.89. The number of aliphatic carboxylic acids is 1. The fourth-order valence-corrected chi connectivity index (χ4v) is 4.28. The van der Waals surface area contributed by atoms with Gasteiger partial charge in [0.1, 0.15) is 0 Å². The number of carbonyl (C=O) groups is 3. The van der Waals surface area contributed by atoms with Crippen LogP contribution in [-0.4, -0.2) is 33.1 Å². The second-order valence-electron chi connectivity index (χ2n) is 6.21. The van der Waals surface area contributed by atoms with Crippen molar-refractivity contribution in [2.45, 2.75) is 29.9 Å². The smallest absolute Gasteiger partial charge is 0.303 e. The average molecular weight is 430 g/mol. The van der Waals surface area contributed by atoms with Crippen molar-refractivity contribution in [3.05, 3.63) is 48.5 Å². The van der Waals surface area contributed by atoms with Crippen molar-refractivity contribution in [2.75, 3.05) is 10.6 Å². The van der Waals surface area contributed by atoms with Crippen molar-refractivity contribution in [3.8, 4) is 0 Å². The van der Waals surface area contributed by atoms with Crippen LogP contribution in [0.2, 0.25) is 0 Å². The van der Waals surface area contributed by atoms with Crippen LogP contribution in [0.3, 0.4) is 0 Å². The molecule has 0 aliphatic carbocycles. The molecule has 3 N–H and O–H groups in total. The molecule has 0 fully saturated rings. The molecule has 2 amide bonds. The summed E-state index contributed by atoms with van der Waals surface area (Å²) < 4.78 is 1.01. The number of carboxylic acids is 1. The normalized spacial score (nSPS) is 11.8. The topological polar surface area (TPSA) is 108 Å². The van der Waals surface area contributed by atoms with Crippen LogP contribution in [-0.2, 0) is 14.4 Å². The predicted molar refractivity (Wildman–Crippen MR) is 116 cm³/mol. The third-order valence-corrected chi connectivity index (χ3v) is 5.94. The first kappa shape index (κ1) is 20.8. The Morgan fingerprint density at radius 2 is 1.90 bits per heavy atom. The van der Waals surface area contributed by atoms with Crippen LogP contribution in [0, 0.1) is 0 Å². The van der Waals surface area contributed by atoms with Crippen LogP contribution in [0.5, 0.6) is 0 Å². The van der Waals surface area contributed by atoms with Gasteiger partial charge in [-0.3, -0.25) is 14.4 Å². The van der Waals surface area contributed by atoms with E-state index in [9.17, 15) is 14.4 Å². The molecule has 3 rings (SSSR count). The van der Waals surface area contributed by atoms with E-state index in [0.717, 1.165) is 15.1 Å². The Bertz CT molecular complexity index is 1020. The van der Waals surface area contributed by atoms with E-state index < -0.39 is 5.97 Å². The second kappa shape index (κ2) is 9.53. The molecular formula is C20H19N3O4S2. The number of nitrogens with one attached hydrogen (secondary N) is 2. The summed E-state index contributed by atoms with van der Waals surface area (Å²) in [4.78, 5) is 40.1. The number of benzene rings is 2. The van der Waals surface area contributed by atoms with Gasteiger partial charge in [-0.05, 0) is 37.3 Å². The highest BCUT2D eigenvalue weighted by molar-refractivity contribution is 8.00. The quantitative estimate of drug-likeness (QED) is 0.463. The van der Waals surface area contributed by atoms with Gasteiger partial charge in [-0.15, -0.1) is 11.8 Å². The average Bonchev–Trinajstić information content (AvgIpc) is 3.09. The van der Waals surface area contributed by atoms with Gasteiger partial charge >= 0.3 is 5.97 Å². The molecule has 1 atom stereocenters. The van der Waals surface area contributed by atoms with E-state index in [-0.39, 0.29) is 29.9 Å². The maximum absolute atomic E-state index is 12.5. The van der Waals surface area contributed by atoms with Gasteiger partial charge in [0.05, 0.1) is 21.9 Å². The van der Waals surface area contributed by atoms with Gasteiger partial charge in [-0.2, -0.15) is 0 Å². The number of para-hydroxylation sites is 1. The van der Waals surface area contributed by atoms with E-state index in [1.54, 1.807) is 25.1 Å². The number of carbonyl (C=O) groups excluding carboxylic acids is 2. The van der Waals surface area contributed by atoms with E-state index in [1.165, 1.54) is 23.1 Å². The van der Waals surface area contributed by atoms with Gasteiger partial charge in [-0.25, -0.2) is 4.98 Å². The van der Waals surface area contributed by atoms with Gasteiger partial charge in [0, 0.05) is 17.0 Å². The molecule has 1 heterocycles. The van der Waals surface area contributed by atoms with Gasteiger partial charge in [0.25, 0.3) is 0 Å². The first-order valence-corrected chi connectivity index (χ1v) is 10.5. The number of amides is 2. The summed E-state index contributed by atoms with van der Waals surface area (Å²) in [6, 6.07) is 14.8. The Labute approximate surface area is 175 Å². The predicted octanol–water partition coefficient (Wildman–Crippen LogP) is 4.22. The molecule has 0 aliphatic rings. The number of aromatic nitrogens is 1. The van der Waals surface area contributed by atoms with E-state index in [2.05, 4.69) is 15.6 Å². The zero-order valence-electron chi connectivity index (χ0n) is 15.5. The summed E-state index contributed by atoms with van der Waals surface area (Å²) in [5, 5.41) is 14.3. The molecular weight excluding hydrogens is 410 g/mol. The Morgan fingerprint density at radius 1 is 1.10 bits per heavy atom. The number of hydrogen-bond donors (Lipinski definition) is 3. The molecule has 150 valence electrons. The van der Waals surface area contributed by atoms with Crippen LogP contribution in [0.15, 0.2) is 53.4 Å². The van der Waals surface area contributed by atoms with Gasteiger partial charge in [-0.1, -0.05) is 29.5 Å². The van der Waals surface area contributed by atoms with Crippen molar-refractivity contribution in [3.63, 3.8) is 0 Å². The summed E-state index contributed by atoms with van der Waals surface area (Å²) in [5.74, 6) is -1.54. The number of nitrogens with zero attached hydrogens (tertiary/aromatic N) is 1. The molecule has 0 saturated carbocycles. The Morgan fingerprint density at radius 3 is 2.66 bits per heavy atom. The molecule has 0 saturated heterocycles. The molecule has 3 aromatic rings. The van der Waals surface area contributed by atoms with Gasteiger partial charge < -0.3 is 15.7 Å². The highest BCUT2D eigenvalue weighted by Gasteiger charge is 2.17. The highest BCUT2D eigenvalue weighted by atomic mass is 32.2. The number of anilines is 2. The van der Waals surface area contributed by atoms with E-state index in [0.29, 0.717) is 10.8 Å². The van der Waals surface area contributed by atoms with E-state index in [1.807, 2.05) is 30.3 Å². The second-order valence-corrected chi connectivity index (χ2v) is 8.65. The van der Waals surface area contributed by atoms with E-state index in [4.69, 9.17) is 5.11 Å². The molecule has 1 unspecified atom stereocenters. The SMILES string of the molecule is CC(Sc1cccc(NC(=O)CCC(=O)O)c1)C(=O)Nc1nc2ccccc2s1. The molecule has 9 heteroatoms. The van der Waals surface area contributed by atoms with E-state index >= 15 is 0 Å². The number of thioether (sulfide) groups is 1. The van der Waals surface area contributed by atoms with Crippen LogP contribution in [0.1, 0.15) is 19.8 Å². The van der Waals surface area contributed by atoms with Crippen LogP contribution in [0.4, 0.5) is 10.8 Å². The number of fused-ring (bicyclic) bond motifs is 1. The zero-order chi connectivity index (χ0) is 20.8. The first-order valence-electron chi connectivity index (χ1n) is 8.85. The van der Waals surface area contributed by atoms with Crippen molar-refractivity contribution < 1.29 is 19.5 Å². The van der Waals surface area contributed by atoms with Crippen LogP contribution < -0.4 is 10.6 Å². The van der Waals surface area contributed by atoms with Crippen molar-refractivity contribution in [2.24, 2.45) is 0 Å². The summed E-state index contributed by atoms with van der Waals surface area (Å²) in [7, 11) is 0. The number of thiazole rings is 1. The Hall–Kier alpha value is -2.91.